The number of hydrogen-bond donors (Lipinski definition) is 2. The first-order chi connectivity index (χ1) is 11.0. The maximum Gasteiger partial charge on any atom is 0.332 e. The number of para-hydroxylation sites is 1. The van der Waals surface area contributed by atoms with Crippen LogP contribution in [0.3, 0.4) is 0 Å². The monoisotopic (exact) mass is 332 g/mol. The summed E-state index contributed by atoms with van der Waals surface area (Å²) in [4.78, 5) is 15.4. The van der Waals surface area contributed by atoms with E-state index in [4.69, 9.17) is 26.9 Å². The second kappa shape index (κ2) is 8.11. The van der Waals surface area contributed by atoms with Gasteiger partial charge in [0.1, 0.15) is 11.5 Å². The number of ether oxygens (including phenoxy) is 1. The molecule has 0 saturated carbocycles. The molecule has 0 spiro atoms. The Hall–Kier alpha value is -2.64. The van der Waals surface area contributed by atoms with Crippen LogP contribution in [-0.4, -0.2) is 34.9 Å². The molecule has 2 aromatic carbocycles. The minimum Gasteiger partial charge on any atom is -0.479 e. The van der Waals surface area contributed by atoms with E-state index in [1.165, 1.54) is 12.1 Å². The van der Waals surface area contributed by atoms with Crippen LogP contribution in [0.25, 0.3) is 0 Å². The molecule has 0 radical (unpaired) electrons. The van der Waals surface area contributed by atoms with Gasteiger partial charge in [-0.25, -0.2) is 9.86 Å². The zero-order chi connectivity index (χ0) is 16.7. The number of nitrogens with one attached hydrogen (secondary N) is 1. The van der Waals surface area contributed by atoms with Crippen LogP contribution >= 0.6 is 12.2 Å². The predicted molar refractivity (Wildman–Crippen MR) is 90.5 cm³/mol. The Morgan fingerprint density at radius 2 is 1.74 bits per heavy atom. The maximum absolute atomic E-state index is 10.4. The molecular weight excluding hydrogens is 316 g/mol. The fourth-order valence-electron chi connectivity index (χ4n) is 1.64. The minimum atomic E-state index is -1.07. The van der Waals surface area contributed by atoms with E-state index in [2.05, 4.69) is 5.32 Å². The van der Waals surface area contributed by atoms with Crippen molar-refractivity contribution in [3.63, 3.8) is 0 Å². The van der Waals surface area contributed by atoms with Gasteiger partial charge in [0.25, 0.3) is 0 Å². The van der Waals surface area contributed by atoms with Crippen molar-refractivity contribution in [2.75, 3.05) is 19.0 Å². The number of rotatable bonds is 6. The average Bonchev–Trinajstić information content (AvgIpc) is 2.55. The number of nitrogens with zero attached hydrogens (tertiary/aromatic N) is 1. The summed E-state index contributed by atoms with van der Waals surface area (Å²) in [6.07, 6.45) is 0. The summed E-state index contributed by atoms with van der Waals surface area (Å²) in [5.41, 5.74) is 0.737. The van der Waals surface area contributed by atoms with Gasteiger partial charge in [0.2, 0.25) is 0 Å². The Morgan fingerprint density at radius 1 is 1.13 bits per heavy atom. The van der Waals surface area contributed by atoms with Crippen molar-refractivity contribution in [1.29, 1.82) is 0 Å². The summed E-state index contributed by atoms with van der Waals surface area (Å²) >= 11 is 5.11. The summed E-state index contributed by atoms with van der Waals surface area (Å²) in [6.45, 7) is -0.456. The molecule has 120 valence electrons. The lowest BCUT2D eigenvalue weighted by atomic mass is 10.3. The standard InChI is InChI=1S/C16H16N2O4S/c1-18(21-11-15(19)20)16(23)17-12-7-9-14(10-8-12)22-13-5-3-2-4-6-13/h2-10H,11H2,1H3,(H,17,23)(H,19,20). The molecule has 0 unspecified atom stereocenters. The molecule has 0 fully saturated rings. The quantitative estimate of drug-likeness (QED) is 0.622. The molecule has 0 bridgehead atoms. The zero-order valence-electron chi connectivity index (χ0n) is 12.4. The topological polar surface area (TPSA) is 71.0 Å². The molecule has 2 rings (SSSR count). The smallest absolute Gasteiger partial charge is 0.332 e. The molecule has 7 heteroatoms. The number of carboxylic acid groups (broad SMARTS) is 1. The highest BCUT2D eigenvalue weighted by Gasteiger charge is 2.07. The molecule has 0 amide bonds. The summed E-state index contributed by atoms with van der Waals surface area (Å²) in [7, 11) is 1.53. The Morgan fingerprint density at radius 3 is 2.35 bits per heavy atom. The molecule has 0 saturated heterocycles. The number of hydrogen-bond acceptors (Lipinski definition) is 4. The van der Waals surface area contributed by atoms with Gasteiger partial charge >= 0.3 is 5.97 Å². The van der Waals surface area contributed by atoms with Gasteiger partial charge in [0, 0.05) is 12.7 Å². The molecule has 2 N–H and O–H groups in total. The van der Waals surface area contributed by atoms with Gasteiger partial charge in [-0.1, -0.05) is 18.2 Å². The highest BCUT2D eigenvalue weighted by Crippen LogP contribution is 2.22. The summed E-state index contributed by atoms with van der Waals surface area (Å²) in [6, 6.07) is 16.7. The average molecular weight is 332 g/mol. The first kappa shape index (κ1) is 16.7. The fraction of sp³-hybridized carbons (Fsp3) is 0.125. The molecule has 0 atom stereocenters. The van der Waals surface area contributed by atoms with Gasteiger partial charge in [0.15, 0.2) is 11.7 Å². The number of carbonyl (C=O) groups is 1. The van der Waals surface area contributed by atoms with Crippen LogP contribution in [0.5, 0.6) is 11.5 Å². The third-order valence-electron chi connectivity index (χ3n) is 2.75. The van der Waals surface area contributed by atoms with Crippen molar-refractivity contribution in [3.05, 3.63) is 54.6 Å². The van der Waals surface area contributed by atoms with E-state index < -0.39 is 12.6 Å². The summed E-state index contributed by atoms with van der Waals surface area (Å²) in [5, 5.41) is 12.9. The predicted octanol–water partition coefficient (Wildman–Crippen LogP) is 3.12. The van der Waals surface area contributed by atoms with Crippen molar-refractivity contribution in [3.8, 4) is 11.5 Å². The minimum absolute atomic E-state index is 0.253. The van der Waals surface area contributed by atoms with Gasteiger partial charge in [-0.2, -0.15) is 0 Å². The van der Waals surface area contributed by atoms with Gasteiger partial charge < -0.3 is 15.2 Å². The van der Waals surface area contributed by atoms with E-state index in [1.54, 1.807) is 24.3 Å². The van der Waals surface area contributed by atoms with Gasteiger partial charge in [-0.05, 0) is 48.6 Å². The van der Waals surface area contributed by atoms with E-state index in [0.29, 0.717) is 5.75 Å². The van der Waals surface area contributed by atoms with Crippen LogP contribution in [0, 0.1) is 0 Å². The molecule has 6 nitrogen and oxygen atoms in total. The van der Waals surface area contributed by atoms with Crippen LogP contribution in [0.1, 0.15) is 0 Å². The number of anilines is 1. The van der Waals surface area contributed by atoms with Gasteiger partial charge in [-0.15, -0.1) is 0 Å². The Balaban J connectivity index is 1.89. The van der Waals surface area contributed by atoms with E-state index in [1.807, 2.05) is 30.3 Å². The third-order valence-corrected chi connectivity index (χ3v) is 3.11. The molecule has 0 aliphatic heterocycles. The van der Waals surface area contributed by atoms with E-state index in [9.17, 15) is 4.79 Å². The SMILES string of the molecule is CN(OCC(=O)O)C(=S)Nc1ccc(Oc2ccccc2)cc1. The van der Waals surface area contributed by atoms with Crippen LogP contribution in [0.15, 0.2) is 54.6 Å². The first-order valence-corrected chi connectivity index (χ1v) is 7.18. The van der Waals surface area contributed by atoms with Crippen LogP contribution in [-0.2, 0) is 9.63 Å². The van der Waals surface area contributed by atoms with E-state index in [0.717, 1.165) is 11.4 Å². The second-order valence-electron chi connectivity index (χ2n) is 4.53. The molecular formula is C16H16N2O4S. The molecule has 0 aliphatic rings. The van der Waals surface area contributed by atoms with Gasteiger partial charge in [-0.3, -0.25) is 4.84 Å². The van der Waals surface area contributed by atoms with Crippen LogP contribution < -0.4 is 10.1 Å². The van der Waals surface area contributed by atoms with Gasteiger partial charge in [0.05, 0.1) is 0 Å². The number of thiocarbonyl (C=S) groups is 1. The number of hydroxylamine groups is 2. The molecule has 0 aliphatic carbocycles. The second-order valence-corrected chi connectivity index (χ2v) is 4.92. The number of benzene rings is 2. The lowest BCUT2D eigenvalue weighted by Gasteiger charge is -2.19. The van der Waals surface area contributed by atoms with Crippen molar-refractivity contribution >= 4 is 29.0 Å². The summed E-state index contributed by atoms with van der Waals surface area (Å²) in [5.74, 6) is 0.385. The van der Waals surface area contributed by atoms with Crippen molar-refractivity contribution in [2.45, 2.75) is 0 Å². The Bertz CT molecular complexity index is 662. The first-order valence-electron chi connectivity index (χ1n) is 6.77. The number of aliphatic carboxylic acids is 1. The molecule has 0 heterocycles. The van der Waals surface area contributed by atoms with Crippen LogP contribution in [0.2, 0.25) is 0 Å². The largest absolute Gasteiger partial charge is 0.479 e. The zero-order valence-corrected chi connectivity index (χ0v) is 13.2. The number of carboxylic acids is 1. The normalized spacial score (nSPS) is 9.96. The van der Waals surface area contributed by atoms with Crippen molar-refractivity contribution in [2.24, 2.45) is 0 Å². The van der Waals surface area contributed by atoms with E-state index in [-0.39, 0.29) is 5.11 Å². The highest BCUT2D eigenvalue weighted by molar-refractivity contribution is 7.80. The van der Waals surface area contributed by atoms with Crippen molar-refractivity contribution in [1.82, 2.24) is 5.06 Å². The maximum atomic E-state index is 10.4. The lowest BCUT2D eigenvalue weighted by molar-refractivity contribution is -0.155. The summed E-state index contributed by atoms with van der Waals surface area (Å²) < 4.78 is 5.69. The third kappa shape index (κ3) is 5.57. The highest BCUT2D eigenvalue weighted by atomic mass is 32.1. The Kier molecular flexibility index (Phi) is 5.90. The van der Waals surface area contributed by atoms with Crippen LogP contribution in [0.4, 0.5) is 5.69 Å². The Labute approximate surface area is 139 Å². The van der Waals surface area contributed by atoms with E-state index >= 15 is 0 Å². The molecule has 0 aromatic heterocycles. The molecule has 23 heavy (non-hydrogen) atoms. The van der Waals surface area contributed by atoms with Crippen molar-refractivity contribution < 1.29 is 19.5 Å². The molecule has 2 aromatic rings. The lowest BCUT2D eigenvalue weighted by Crippen LogP contribution is -2.32. The fourth-order valence-corrected chi connectivity index (χ4v) is 1.81.